The van der Waals surface area contributed by atoms with Gasteiger partial charge in [-0.3, -0.25) is 9.36 Å². The minimum atomic E-state index is -0.341. The summed E-state index contributed by atoms with van der Waals surface area (Å²) in [5, 5.41) is 0. The second kappa shape index (κ2) is 6.41. The van der Waals surface area contributed by atoms with Crippen molar-refractivity contribution in [2.24, 2.45) is 5.73 Å². The topological polar surface area (TPSA) is 79.4 Å². The lowest BCUT2D eigenvalue weighted by atomic mass is 10.1. The molecule has 0 spiro atoms. The lowest BCUT2D eigenvalue weighted by Gasteiger charge is -2.16. The zero-order valence-electron chi connectivity index (χ0n) is 12.4. The molecule has 0 aliphatic carbocycles. The lowest BCUT2D eigenvalue weighted by Crippen LogP contribution is -2.26. The number of ether oxygens (including phenoxy) is 2. The van der Waals surface area contributed by atoms with Crippen LogP contribution in [0.5, 0.6) is 11.5 Å². The van der Waals surface area contributed by atoms with Gasteiger partial charge in [-0.2, -0.15) is 0 Å². The van der Waals surface area contributed by atoms with Gasteiger partial charge in [-0.05, 0) is 24.6 Å². The number of hydrogen-bond acceptors (Lipinski definition) is 5. The second-order valence-corrected chi connectivity index (χ2v) is 4.74. The molecule has 1 heterocycles. The van der Waals surface area contributed by atoms with Crippen molar-refractivity contribution in [1.82, 2.24) is 9.55 Å². The summed E-state index contributed by atoms with van der Waals surface area (Å²) in [4.78, 5) is 16.0. The highest BCUT2D eigenvalue weighted by atomic mass is 16.5. The predicted molar refractivity (Wildman–Crippen MR) is 79.7 cm³/mol. The van der Waals surface area contributed by atoms with Crippen molar-refractivity contribution in [1.29, 1.82) is 0 Å². The lowest BCUT2D eigenvalue weighted by molar-refractivity contribution is 0.354. The summed E-state index contributed by atoms with van der Waals surface area (Å²) in [5.41, 5.74) is 7.60. The monoisotopic (exact) mass is 289 g/mol. The van der Waals surface area contributed by atoms with Crippen LogP contribution >= 0.6 is 0 Å². The Morgan fingerprint density at radius 1 is 1.24 bits per heavy atom. The van der Waals surface area contributed by atoms with Gasteiger partial charge in [-0.25, -0.2) is 4.98 Å². The van der Waals surface area contributed by atoms with E-state index in [-0.39, 0.29) is 11.6 Å². The maximum Gasteiger partial charge on any atom is 0.253 e. The van der Waals surface area contributed by atoms with E-state index in [9.17, 15) is 4.79 Å². The van der Waals surface area contributed by atoms with Crippen LogP contribution < -0.4 is 20.8 Å². The third kappa shape index (κ3) is 3.41. The first-order chi connectivity index (χ1) is 10.0. The van der Waals surface area contributed by atoms with E-state index >= 15 is 0 Å². The Morgan fingerprint density at radius 2 is 1.95 bits per heavy atom. The van der Waals surface area contributed by atoms with Crippen LogP contribution in [-0.4, -0.2) is 23.8 Å². The molecular weight excluding hydrogens is 270 g/mol. The molecule has 2 N–H and O–H groups in total. The number of benzene rings is 1. The van der Waals surface area contributed by atoms with Crippen LogP contribution in [0.1, 0.15) is 17.3 Å². The molecule has 1 aromatic heterocycles. The van der Waals surface area contributed by atoms with Crippen molar-refractivity contribution in [3.05, 3.63) is 52.2 Å². The highest BCUT2D eigenvalue weighted by Gasteiger charge is 2.12. The number of aromatic nitrogens is 2. The van der Waals surface area contributed by atoms with Gasteiger partial charge in [0.15, 0.2) is 11.5 Å². The summed E-state index contributed by atoms with van der Waals surface area (Å²) in [6, 6.07) is 6.62. The highest BCUT2D eigenvalue weighted by molar-refractivity contribution is 5.43. The van der Waals surface area contributed by atoms with Crippen molar-refractivity contribution in [2.75, 3.05) is 14.2 Å². The molecule has 2 rings (SSSR count). The molecule has 1 atom stereocenters. The largest absolute Gasteiger partial charge is 0.493 e. The maximum absolute atomic E-state index is 11.9. The quantitative estimate of drug-likeness (QED) is 0.896. The molecule has 0 fully saturated rings. The number of nitrogens with zero attached hydrogens (tertiary/aromatic N) is 2. The molecule has 0 amide bonds. The van der Waals surface area contributed by atoms with Crippen molar-refractivity contribution in [2.45, 2.75) is 19.5 Å². The molecule has 0 bridgehead atoms. The summed E-state index contributed by atoms with van der Waals surface area (Å²) in [5.74, 6) is 1.25. The Labute approximate surface area is 123 Å². The molecular formula is C15H19N3O3. The van der Waals surface area contributed by atoms with Crippen molar-refractivity contribution < 1.29 is 9.47 Å². The van der Waals surface area contributed by atoms with Crippen LogP contribution in [0.4, 0.5) is 0 Å². The van der Waals surface area contributed by atoms with E-state index in [0.717, 1.165) is 5.56 Å². The molecule has 1 aromatic carbocycles. The molecule has 0 saturated heterocycles. The molecule has 0 radical (unpaired) electrons. The van der Waals surface area contributed by atoms with Crippen LogP contribution in [0.15, 0.2) is 35.4 Å². The fourth-order valence-electron chi connectivity index (χ4n) is 2.05. The molecule has 112 valence electrons. The van der Waals surface area contributed by atoms with Gasteiger partial charge in [-0.1, -0.05) is 6.07 Å². The molecule has 1 unspecified atom stereocenters. The van der Waals surface area contributed by atoms with E-state index in [1.165, 1.54) is 17.0 Å². The molecule has 21 heavy (non-hydrogen) atoms. The molecule has 0 aliphatic heterocycles. The highest BCUT2D eigenvalue weighted by Crippen LogP contribution is 2.29. The van der Waals surface area contributed by atoms with Crippen LogP contribution in [-0.2, 0) is 6.54 Å². The summed E-state index contributed by atoms with van der Waals surface area (Å²) >= 11 is 0. The Bertz CT molecular complexity index is 682. The number of methoxy groups -OCH3 is 2. The van der Waals surface area contributed by atoms with E-state index in [1.807, 2.05) is 12.1 Å². The molecule has 0 saturated carbocycles. The van der Waals surface area contributed by atoms with Crippen molar-refractivity contribution in [3.63, 3.8) is 0 Å². The summed E-state index contributed by atoms with van der Waals surface area (Å²) < 4.78 is 11.9. The zero-order valence-corrected chi connectivity index (χ0v) is 12.4. The van der Waals surface area contributed by atoms with Gasteiger partial charge in [0.1, 0.15) is 0 Å². The normalized spacial score (nSPS) is 12.0. The minimum absolute atomic E-state index is 0.113. The standard InChI is InChI=1S/C15H19N3O3/c1-10-6-15(19)18(9-17-10)8-12(16)11-4-5-13(20-2)14(7-11)21-3/h4-7,9,12H,8,16H2,1-3H3. The third-order valence-corrected chi connectivity index (χ3v) is 3.25. The van der Waals surface area contributed by atoms with Crippen molar-refractivity contribution in [3.8, 4) is 11.5 Å². The van der Waals surface area contributed by atoms with Gasteiger partial charge < -0.3 is 15.2 Å². The number of rotatable bonds is 5. The van der Waals surface area contributed by atoms with E-state index < -0.39 is 0 Å². The van der Waals surface area contributed by atoms with Gasteiger partial charge in [0.05, 0.1) is 20.5 Å². The van der Waals surface area contributed by atoms with Gasteiger partial charge in [-0.15, -0.1) is 0 Å². The van der Waals surface area contributed by atoms with E-state index in [1.54, 1.807) is 27.2 Å². The van der Waals surface area contributed by atoms with Crippen LogP contribution in [0, 0.1) is 6.92 Å². The Kier molecular flexibility index (Phi) is 4.59. The summed E-state index contributed by atoms with van der Waals surface area (Å²) in [6.07, 6.45) is 1.51. The Balaban J connectivity index is 2.24. The Morgan fingerprint density at radius 3 is 2.57 bits per heavy atom. The fourth-order valence-corrected chi connectivity index (χ4v) is 2.05. The molecule has 6 nitrogen and oxygen atoms in total. The predicted octanol–water partition coefficient (Wildman–Crippen LogP) is 1.27. The zero-order chi connectivity index (χ0) is 15.4. The first-order valence-electron chi connectivity index (χ1n) is 6.55. The first-order valence-corrected chi connectivity index (χ1v) is 6.55. The number of hydrogen-bond donors (Lipinski definition) is 1. The number of nitrogens with two attached hydrogens (primary N) is 1. The van der Waals surface area contributed by atoms with Crippen LogP contribution in [0.25, 0.3) is 0 Å². The Hall–Kier alpha value is -2.34. The van der Waals surface area contributed by atoms with Gasteiger partial charge in [0.2, 0.25) is 0 Å². The molecule has 2 aromatic rings. The van der Waals surface area contributed by atoms with Gasteiger partial charge >= 0.3 is 0 Å². The summed E-state index contributed by atoms with van der Waals surface area (Å²) in [7, 11) is 3.15. The van der Waals surface area contributed by atoms with Gasteiger partial charge in [0.25, 0.3) is 5.56 Å². The maximum atomic E-state index is 11.9. The minimum Gasteiger partial charge on any atom is -0.493 e. The van der Waals surface area contributed by atoms with E-state index in [0.29, 0.717) is 23.7 Å². The average Bonchev–Trinajstić information content (AvgIpc) is 2.49. The molecule has 6 heteroatoms. The van der Waals surface area contributed by atoms with E-state index in [4.69, 9.17) is 15.2 Å². The fraction of sp³-hybridized carbons (Fsp3) is 0.333. The van der Waals surface area contributed by atoms with E-state index in [2.05, 4.69) is 4.98 Å². The van der Waals surface area contributed by atoms with Crippen LogP contribution in [0.2, 0.25) is 0 Å². The van der Waals surface area contributed by atoms with Gasteiger partial charge in [0, 0.05) is 24.3 Å². The van der Waals surface area contributed by atoms with Crippen LogP contribution in [0.3, 0.4) is 0 Å². The first kappa shape index (κ1) is 15.1. The summed E-state index contributed by atoms with van der Waals surface area (Å²) in [6.45, 7) is 2.13. The third-order valence-electron chi connectivity index (χ3n) is 3.25. The number of aryl methyl sites for hydroxylation is 1. The SMILES string of the molecule is COc1ccc(C(N)Cn2cnc(C)cc2=O)cc1OC. The smallest absolute Gasteiger partial charge is 0.253 e. The second-order valence-electron chi connectivity index (χ2n) is 4.74. The average molecular weight is 289 g/mol. The molecule has 0 aliphatic rings. The van der Waals surface area contributed by atoms with Crippen molar-refractivity contribution >= 4 is 0 Å².